The molecule has 10 aromatic carbocycles. The van der Waals surface area contributed by atoms with Crippen LogP contribution >= 0.6 is 0 Å². The number of ether oxygens (including phenoxy) is 1. The average Bonchev–Trinajstić information content (AvgIpc) is 3.50. The molecule has 65 heavy (non-hydrogen) atoms. The van der Waals surface area contributed by atoms with Gasteiger partial charge in [0.1, 0.15) is 11.5 Å². The fourth-order valence-electron chi connectivity index (χ4n) is 10.2. The summed E-state index contributed by atoms with van der Waals surface area (Å²) >= 11 is 0. The first-order valence-corrected chi connectivity index (χ1v) is 22.5. The summed E-state index contributed by atoms with van der Waals surface area (Å²) in [4.78, 5) is 2.44. The highest BCUT2D eigenvalue weighted by Crippen LogP contribution is 2.55. The molecule has 2 heteroatoms. The number of fused-ring (bicyclic) bond motifs is 8. The molecule has 0 radical (unpaired) electrons. The van der Waals surface area contributed by atoms with Gasteiger partial charge in [-0.05, 0) is 132 Å². The van der Waals surface area contributed by atoms with Gasteiger partial charge in [0, 0.05) is 27.9 Å². The van der Waals surface area contributed by atoms with E-state index >= 15 is 0 Å². The predicted molar refractivity (Wildman–Crippen MR) is 271 cm³/mol. The van der Waals surface area contributed by atoms with Crippen LogP contribution in [0.4, 0.5) is 17.1 Å². The minimum absolute atomic E-state index is 0.169. The molecule has 12 rings (SSSR count). The van der Waals surface area contributed by atoms with Crippen molar-refractivity contribution in [2.45, 2.75) is 19.3 Å². The molecule has 2 nitrogen and oxygen atoms in total. The Bertz CT molecular complexity index is 3410. The van der Waals surface area contributed by atoms with Crippen LogP contribution < -0.4 is 9.64 Å². The van der Waals surface area contributed by atoms with E-state index in [2.05, 4.69) is 255 Å². The number of hydrogen-bond donors (Lipinski definition) is 0. The monoisotopic (exact) mass is 831 g/mol. The van der Waals surface area contributed by atoms with Crippen LogP contribution in [0.15, 0.2) is 237 Å². The number of rotatable bonds is 7. The largest absolute Gasteiger partial charge is 0.456 e. The molecule has 0 fully saturated rings. The highest BCUT2D eigenvalue weighted by Gasteiger charge is 2.36. The standard InChI is InChI=1S/C63H45NO/c1-63(2)57-25-13-12-24-52(57)53-36-34-51(41-58(53)63)64(50-23-14-22-47(38-50)43-18-8-4-9-19-43)59-26-15-27-61-62(59)54-35-32-48(44-20-10-5-11-21-44)39-55(54)56-40-49(33-37-60(56)65-61)46-30-28-45(29-31-46)42-16-6-3-7-17-42/h3-41H,1-2H3. The molecule has 0 unspecified atom stereocenters. The van der Waals surface area contributed by atoms with Crippen molar-refractivity contribution in [2.24, 2.45) is 0 Å². The van der Waals surface area contributed by atoms with E-state index < -0.39 is 0 Å². The predicted octanol–water partition coefficient (Wildman–Crippen LogP) is 17.6. The molecule has 2 aliphatic rings. The molecule has 308 valence electrons. The zero-order chi connectivity index (χ0) is 43.5. The highest BCUT2D eigenvalue weighted by molar-refractivity contribution is 6.01. The Morgan fingerprint density at radius 3 is 1.51 bits per heavy atom. The van der Waals surface area contributed by atoms with E-state index in [0.717, 1.165) is 73.1 Å². The van der Waals surface area contributed by atoms with Crippen LogP contribution in [0.3, 0.4) is 0 Å². The van der Waals surface area contributed by atoms with Gasteiger partial charge in [0.05, 0.1) is 5.69 Å². The molecule has 0 atom stereocenters. The topological polar surface area (TPSA) is 12.5 Å². The van der Waals surface area contributed by atoms with Crippen molar-refractivity contribution in [1.29, 1.82) is 0 Å². The molecule has 1 aliphatic heterocycles. The Hall–Kier alpha value is -8.20. The second-order valence-corrected chi connectivity index (χ2v) is 17.7. The van der Waals surface area contributed by atoms with Gasteiger partial charge in [-0.3, -0.25) is 0 Å². The van der Waals surface area contributed by atoms with Gasteiger partial charge in [-0.25, -0.2) is 0 Å². The quantitative estimate of drug-likeness (QED) is 0.159. The van der Waals surface area contributed by atoms with E-state index in [9.17, 15) is 0 Å². The fourth-order valence-corrected chi connectivity index (χ4v) is 10.2. The lowest BCUT2D eigenvalue weighted by molar-refractivity contribution is 0.488. The van der Waals surface area contributed by atoms with E-state index in [4.69, 9.17) is 4.74 Å². The smallest absolute Gasteiger partial charge is 0.137 e. The van der Waals surface area contributed by atoms with E-state index in [0.29, 0.717) is 0 Å². The maximum Gasteiger partial charge on any atom is 0.137 e. The van der Waals surface area contributed by atoms with Crippen molar-refractivity contribution in [3.8, 4) is 89.4 Å². The first kappa shape index (κ1) is 38.5. The van der Waals surface area contributed by atoms with E-state index in [1.54, 1.807) is 0 Å². The Morgan fingerprint density at radius 2 is 0.800 bits per heavy atom. The molecular weight excluding hydrogens is 787 g/mol. The molecule has 1 heterocycles. The summed E-state index contributed by atoms with van der Waals surface area (Å²) in [6.45, 7) is 4.71. The van der Waals surface area contributed by atoms with Crippen LogP contribution in [0.2, 0.25) is 0 Å². The lowest BCUT2D eigenvalue weighted by Gasteiger charge is -2.30. The molecule has 0 amide bonds. The number of benzene rings is 10. The molecule has 0 N–H and O–H groups in total. The Labute approximate surface area is 381 Å². The molecule has 1 aliphatic carbocycles. The van der Waals surface area contributed by atoms with Gasteiger partial charge in [0.25, 0.3) is 0 Å². The average molecular weight is 832 g/mol. The van der Waals surface area contributed by atoms with Crippen LogP contribution in [-0.2, 0) is 5.41 Å². The van der Waals surface area contributed by atoms with Gasteiger partial charge in [0.15, 0.2) is 0 Å². The molecule has 0 aromatic heterocycles. The van der Waals surface area contributed by atoms with Crippen molar-refractivity contribution in [2.75, 3.05) is 4.90 Å². The van der Waals surface area contributed by atoms with Crippen molar-refractivity contribution < 1.29 is 4.74 Å². The molecule has 0 saturated carbocycles. The highest BCUT2D eigenvalue weighted by atomic mass is 16.5. The van der Waals surface area contributed by atoms with Crippen molar-refractivity contribution >= 4 is 17.1 Å². The summed E-state index contributed by atoms with van der Waals surface area (Å²) in [5.41, 5.74) is 22.0. The van der Waals surface area contributed by atoms with E-state index in [-0.39, 0.29) is 5.41 Å². The number of anilines is 3. The summed E-state index contributed by atoms with van der Waals surface area (Å²) < 4.78 is 7.18. The fraction of sp³-hybridized carbons (Fsp3) is 0.0476. The lowest BCUT2D eigenvalue weighted by Crippen LogP contribution is -2.17. The minimum atomic E-state index is -0.169. The Kier molecular flexibility index (Phi) is 9.21. The van der Waals surface area contributed by atoms with E-state index in [1.807, 2.05) is 0 Å². The van der Waals surface area contributed by atoms with Crippen LogP contribution in [0.1, 0.15) is 25.0 Å². The number of hydrogen-bond acceptors (Lipinski definition) is 2. The number of nitrogens with zero attached hydrogens (tertiary/aromatic N) is 1. The van der Waals surface area contributed by atoms with Crippen LogP contribution in [-0.4, -0.2) is 0 Å². The first-order chi connectivity index (χ1) is 32.0. The minimum Gasteiger partial charge on any atom is -0.456 e. The zero-order valence-corrected chi connectivity index (χ0v) is 36.4. The third-order valence-electron chi connectivity index (χ3n) is 13.5. The van der Waals surface area contributed by atoms with Gasteiger partial charge in [-0.1, -0.05) is 196 Å². The van der Waals surface area contributed by atoms with Gasteiger partial charge in [0.2, 0.25) is 0 Å². The maximum atomic E-state index is 7.18. The van der Waals surface area contributed by atoms with Crippen molar-refractivity contribution in [3.05, 3.63) is 248 Å². The second-order valence-electron chi connectivity index (χ2n) is 17.7. The third-order valence-corrected chi connectivity index (χ3v) is 13.5. The van der Waals surface area contributed by atoms with Gasteiger partial charge in [-0.2, -0.15) is 0 Å². The van der Waals surface area contributed by atoms with Gasteiger partial charge in [-0.15, -0.1) is 0 Å². The summed E-state index contributed by atoms with van der Waals surface area (Å²) in [6, 6.07) is 85.8. The van der Waals surface area contributed by atoms with Crippen LogP contribution in [0, 0.1) is 0 Å². The van der Waals surface area contributed by atoms with Crippen molar-refractivity contribution in [3.63, 3.8) is 0 Å². The summed E-state index contributed by atoms with van der Waals surface area (Å²) in [6.07, 6.45) is 0. The molecule has 0 bridgehead atoms. The van der Waals surface area contributed by atoms with Gasteiger partial charge >= 0.3 is 0 Å². The SMILES string of the molecule is CC1(C)c2ccccc2-c2ccc(N(c3cccc(-c4ccccc4)c3)c3cccc4c3-c3ccc(-c5ccccc5)cc3-c3cc(-c5ccc(-c6ccccc6)cc5)ccc3O4)cc21. The summed E-state index contributed by atoms with van der Waals surface area (Å²) in [7, 11) is 0. The molecule has 0 spiro atoms. The Balaban J connectivity index is 1.07. The normalized spacial score (nSPS) is 12.7. The first-order valence-electron chi connectivity index (χ1n) is 22.5. The maximum absolute atomic E-state index is 7.18. The molecular formula is C63H45NO. The van der Waals surface area contributed by atoms with Gasteiger partial charge < -0.3 is 9.64 Å². The lowest BCUT2D eigenvalue weighted by atomic mass is 9.82. The zero-order valence-electron chi connectivity index (χ0n) is 36.4. The molecule has 10 aromatic rings. The van der Waals surface area contributed by atoms with E-state index in [1.165, 1.54) is 44.5 Å². The second kappa shape index (κ2) is 15.6. The van der Waals surface area contributed by atoms with Crippen LogP contribution in [0.5, 0.6) is 11.5 Å². The summed E-state index contributed by atoms with van der Waals surface area (Å²) in [5, 5.41) is 0. The van der Waals surface area contributed by atoms with Crippen molar-refractivity contribution in [1.82, 2.24) is 0 Å². The van der Waals surface area contributed by atoms with Crippen LogP contribution in [0.25, 0.3) is 77.9 Å². The summed E-state index contributed by atoms with van der Waals surface area (Å²) in [5.74, 6) is 1.64. The third kappa shape index (κ3) is 6.65. The molecule has 0 saturated heterocycles. The Morgan fingerprint density at radius 1 is 0.308 bits per heavy atom.